The Morgan fingerprint density at radius 2 is 1.82 bits per heavy atom. The Bertz CT molecular complexity index is 455. The molecule has 0 bridgehead atoms. The second-order valence-electron chi connectivity index (χ2n) is 3.87. The van der Waals surface area contributed by atoms with Crippen molar-refractivity contribution >= 4 is 31.5 Å². The van der Waals surface area contributed by atoms with Gasteiger partial charge in [0, 0.05) is 12.4 Å². The number of hydrogen-bond acceptors (Lipinski definition) is 4. The standard InChI is InChI=1S/C9H16ClNO4S2/c10-5-1-2-6-11-17(14,15)9-3-7-16(12,13)8-4-9/h1-2,9,11H,3-8H2/b2-1+. The van der Waals surface area contributed by atoms with E-state index in [2.05, 4.69) is 4.72 Å². The van der Waals surface area contributed by atoms with Crippen LogP contribution in [0.3, 0.4) is 0 Å². The molecule has 0 unspecified atom stereocenters. The van der Waals surface area contributed by atoms with Crippen LogP contribution in [0.25, 0.3) is 0 Å². The first-order chi connectivity index (χ1) is 7.87. The number of nitrogens with one attached hydrogen (secondary N) is 1. The van der Waals surface area contributed by atoms with Crippen LogP contribution in [0.15, 0.2) is 12.2 Å². The number of sulfonamides is 1. The zero-order valence-corrected chi connectivity index (χ0v) is 11.7. The van der Waals surface area contributed by atoms with E-state index < -0.39 is 25.1 Å². The first kappa shape index (κ1) is 14.9. The molecule has 0 atom stereocenters. The van der Waals surface area contributed by atoms with Crippen LogP contribution in [0.5, 0.6) is 0 Å². The highest BCUT2D eigenvalue weighted by molar-refractivity contribution is 7.92. The van der Waals surface area contributed by atoms with Gasteiger partial charge in [0.15, 0.2) is 0 Å². The van der Waals surface area contributed by atoms with E-state index in [0.717, 1.165) is 0 Å². The first-order valence-corrected chi connectivity index (χ1v) is 9.17. The Morgan fingerprint density at radius 1 is 1.24 bits per heavy atom. The number of alkyl halides is 1. The molecule has 0 aliphatic carbocycles. The molecule has 0 aromatic carbocycles. The molecule has 5 nitrogen and oxygen atoms in total. The normalized spacial score (nSPS) is 21.9. The molecule has 1 fully saturated rings. The van der Waals surface area contributed by atoms with Gasteiger partial charge < -0.3 is 0 Å². The predicted molar refractivity (Wildman–Crippen MR) is 68.5 cm³/mol. The fourth-order valence-electron chi connectivity index (χ4n) is 1.61. The van der Waals surface area contributed by atoms with E-state index in [-0.39, 0.29) is 30.9 Å². The molecule has 100 valence electrons. The zero-order valence-electron chi connectivity index (χ0n) is 9.30. The summed E-state index contributed by atoms with van der Waals surface area (Å²) in [5.41, 5.74) is 0. The third-order valence-corrected chi connectivity index (χ3v) is 6.41. The average Bonchev–Trinajstić information content (AvgIpc) is 2.24. The lowest BCUT2D eigenvalue weighted by molar-refractivity contribution is 0.545. The minimum Gasteiger partial charge on any atom is -0.229 e. The zero-order chi connectivity index (χ0) is 12.9. The molecule has 8 heteroatoms. The highest BCUT2D eigenvalue weighted by atomic mass is 35.5. The van der Waals surface area contributed by atoms with Crippen molar-refractivity contribution in [3.05, 3.63) is 12.2 Å². The molecular weight excluding hydrogens is 286 g/mol. The first-order valence-electron chi connectivity index (χ1n) is 5.27. The molecule has 0 radical (unpaired) electrons. The second kappa shape index (κ2) is 6.17. The van der Waals surface area contributed by atoms with E-state index in [9.17, 15) is 16.8 Å². The van der Waals surface area contributed by atoms with Crippen LogP contribution in [0.1, 0.15) is 12.8 Å². The van der Waals surface area contributed by atoms with Crippen molar-refractivity contribution in [3.8, 4) is 0 Å². The molecule has 1 aliphatic rings. The van der Waals surface area contributed by atoms with Crippen molar-refractivity contribution in [1.29, 1.82) is 0 Å². The Morgan fingerprint density at radius 3 is 2.35 bits per heavy atom. The van der Waals surface area contributed by atoms with Crippen LogP contribution in [0.2, 0.25) is 0 Å². The molecule has 0 spiro atoms. The molecular formula is C9H16ClNO4S2. The van der Waals surface area contributed by atoms with Crippen LogP contribution >= 0.6 is 11.6 Å². The van der Waals surface area contributed by atoms with Gasteiger partial charge in [-0.05, 0) is 12.8 Å². The number of halogens is 1. The van der Waals surface area contributed by atoms with Crippen molar-refractivity contribution < 1.29 is 16.8 Å². The van der Waals surface area contributed by atoms with Gasteiger partial charge in [0.05, 0.1) is 16.8 Å². The minimum atomic E-state index is -3.42. The molecule has 1 rings (SSSR count). The lowest BCUT2D eigenvalue weighted by Crippen LogP contribution is -2.39. The number of rotatable bonds is 5. The van der Waals surface area contributed by atoms with Crippen LogP contribution in [0.4, 0.5) is 0 Å². The molecule has 1 heterocycles. The SMILES string of the molecule is O=S1(=O)CCC(S(=O)(=O)NC/C=C/CCl)CC1. The topological polar surface area (TPSA) is 80.3 Å². The second-order valence-corrected chi connectivity index (χ2v) is 8.53. The number of allylic oxidation sites excluding steroid dienone is 1. The van der Waals surface area contributed by atoms with Gasteiger partial charge in [-0.25, -0.2) is 21.6 Å². The summed E-state index contributed by atoms with van der Waals surface area (Å²) in [5.74, 6) is 0.246. The molecule has 0 saturated carbocycles. The van der Waals surface area contributed by atoms with E-state index in [1.165, 1.54) is 0 Å². The summed E-state index contributed by atoms with van der Waals surface area (Å²) < 4.78 is 48.4. The van der Waals surface area contributed by atoms with E-state index in [4.69, 9.17) is 11.6 Å². The van der Waals surface area contributed by atoms with Crippen LogP contribution in [-0.4, -0.2) is 46.0 Å². The van der Waals surface area contributed by atoms with Crippen molar-refractivity contribution in [2.45, 2.75) is 18.1 Å². The van der Waals surface area contributed by atoms with Crippen molar-refractivity contribution in [2.75, 3.05) is 23.9 Å². The maximum Gasteiger partial charge on any atom is 0.214 e. The Labute approximate surface area is 107 Å². The Hall–Kier alpha value is -0.110. The van der Waals surface area contributed by atoms with Gasteiger partial charge in [-0.2, -0.15) is 0 Å². The molecule has 17 heavy (non-hydrogen) atoms. The fourth-order valence-corrected chi connectivity index (χ4v) is 4.94. The number of hydrogen-bond donors (Lipinski definition) is 1. The maximum atomic E-state index is 11.8. The molecule has 0 aromatic rings. The van der Waals surface area contributed by atoms with E-state index >= 15 is 0 Å². The van der Waals surface area contributed by atoms with E-state index in [1.54, 1.807) is 12.2 Å². The predicted octanol–water partition coefficient (Wildman–Crippen LogP) is 0.278. The largest absolute Gasteiger partial charge is 0.229 e. The summed E-state index contributed by atoms with van der Waals surface area (Å²) in [6.07, 6.45) is 3.63. The van der Waals surface area contributed by atoms with Gasteiger partial charge in [0.1, 0.15) is 9.84 Å². The van der Waals surface area contributed by atoms with Gasteiger partial charge in [0.2, 0.25) is 10.0 Å². The van der Waals surface area contributed by atoms with Gasteiger partial charge in [-0.1, -0.05) is 12.2 Å². The average molecular weight is 302 g/mol. The highest BCUT2D eigenvalue weighted by Gasteiger charge is 2.32. The smallest absolute Gasteiger partial charge is 0.214 e. The third-order valence-electron chi connectivity index (χ3n) is 2.60. The van der Waals surface area contributed by atoms with Gasteiger partial charge >= 0.3 is 0 Å². The quantitative estimate of drug-likeness (QED) is 0.584. The summed E-state index contributed by atoms with van der Waals surface area (Å²) in [6.45, 7) is 0.193. The Kier molecular flexibility index (Phi) is 5.43. The van der Waals surface area contributed by atoms with Crippen molar-refractivity contribution in [2.24, 2.45) is 0 Å². The molecule has 1 N–H and O–H groups in total. The molecule has 1 saturated heterocycles. The minimum absolute atomic E-state index is 0.0455. The van der Waals surface area contributed by atoms with Crippen LogP contribution in [0, 0.1) is 0 Å². The van der Waals surface area contributed by atoms with Gasteiger partial charge in [-0.15, -0.1) is 11.6 Å². The summed E-state index contributed by atoms with van der Waals surface area (Å²) in [7, 11) is -6.45. The molecule has 0 aromatic heterocycles. The maximum absolute atomic E-state index is 11.8. The van der Waals surface area contributed by atoms with Gasteiger partial charge in [-0.3, -0.25) is 0 Å². The fraction of sp³-hybridized carbons (Fsp3) is 0.778. The lowest BCUT2D eigenvalue weighted by atomic mass is 10.2. The lowest BCUT2D eigenvalue weighted by Gasteiger charge is -2.21. The van der Waals surface area contributed by atoms with Crippen molar-refractivity contribution in [3.63, 3.8) is 0 Å². The van der Waals surface area contributed by atoms with Crippen molar-refractivity contribution in [1.82, 2.24) is 4.72 Å². The highest BCUT2D eigenvalue weighted by Crippen LogP contribution is 2.18. The Balaban J connectivity index is 2.52. The van der Waals surface area contributed by atoms with E-state index in [1.807, 2.05) is 0 Å². The molecule has 0 amide bonds. The summed E-state index contributed by atoms with van der Waals surface area (Å²) in [6, 6.07) is 0. The third kappa shape index (κ3) is 4.95. The summed E-state index contributed by atoms with van der Waals surface area (Å²) in [4.78, 5) is 0. The van der Waals surface area contributed by atoms with Crippen LogP contribution in [-0.2, 0) is 19.9 Å². The van der Waals surface area contributed by atoms with Crippen LogP contribution < -0.4 is 4.72 Å². The van der Waals surface area contributed by atoms with Gasteiger partial charge in [0.25, 0.3) is 0 Å². The van der Waals surface area contributed by atoms with E-state index in [0.29, 0.717) is 5.88 Å². The molecule has 1 aliphatic heterocycles. The summed E-state index contributed by atoms with van der Waals surface area (Å²) in [5, 5.41) is -0.601. The monoisotopic (exact) mass is 301 g/mol. The number of sulfone groups is 1. The summed E-state index contributed by atoms with van der Waals surface area (Å²) >= 11 is 5.40.